The zero-order valence-electron chi connectivity index (χ0n) is 31.7. The van der Waals surface area contributed by atoms with Gasteiger partial charge in [0.05, 0.1) is 0 Å². The summed E-state index contributed by atoms with van der Waals surface area (Å²) in [6, 6.07) is 67.7. The van der Waals surface area contributed by atoms with Gasteiger partial charge in [0.25, 0.3) is 6.71 Å². The highest BCUT2D eigenvalue weighted by Crippen LogP contribution is 2.45. The highest BCUT2D eigenvalue weighted by atomic mass is 16.5. The molecule has 2 heterocycles. The van der Waals surface area contributed by atoms with E-state index in [2.05, 4.69) is 224 Å². The van der Waals surface area contributed by atoms with Crippen LogP contribution in [-0.2, 0) is 0 Å². The van der Waals surface area contributed by atoms with Crippen LogP contribution in [0.1, 0.15) is 16.7 Å². The summed E-state index contributed by atoms with van der Waals surface area (Å²) in [6.45, 7) is 6.39. The van der Waals surface area contributed by atoms with Gasteiger partial charge in [-0.1, -0.05) is 108 Å². The molecule has 0 bridgehead atoms. The minimum atomic E-state index is -0.0317. The topological polar surface area (TPSA) is 19.0 Å². The molecule has 0 saturated heterocycles. The highest BCUT2D eigenvalue weighted by molar-refractivity contribution is 6.99. The van der Waals surface area contributed by atoms with Crippen molar-refractivity contribution in [3.63, 3.8) is 0 Å². The minimum Gasteiger partial charge on any atom is -0.458 e. The van der Waals surface area contributed by atoms with Gasteiger partial charge in [0.1, 0.15) is 11.5 Å². The summed E-state index contributed by atoms with van der Waals surface area (Å²) in [7, 11) is 0. The lowest BCUT2D eigenvalue weighted by atomic mass is 9.34. The average Bonchev–Trinajstić information content (AvgIpc) is 3.24. The summed E-state index contributed by atoms with van der Waals surface area (Å²) in [5.41, 5.74) is 17.1. The van der Waals surface area contributed by atoms with Crippen molar-refractivity contribution in [1.29, 1.82) is 0 Å². The van der Waals surface area contributed by atoms with Gasteiger partial charge in [0, 0.05) is 57.3 Å². The molecule has 0 amide bonds. The quantitative estimate of drug-likeness (QED) is 0.153. The van der Waals surface area contributed by atoms with Crippen LogP contribution in [-0.4, -0.2) is 6.71 Å². The summed E-state index contributed by atoms with van der Waals surface area (Å²) < 4.78 is 7.07. The van der Waals surface area contributed by atoms with Crippen molar-refractivity contribution in [3.05, 3.63) is 205 Å². The summed E-state index contributed by atoms with van der Waals surface area (Å²) in [5, 5.41) is 0. The van der Waals surface area contributed by atoms with E-state index in [1.54, 1.807) is 0 Å². The maximum absolute atomic E-state index is 7.07. The summed E-state index contributed by atoms with van der Waals surface area (Å²) in [6.07, 6.45) is 0. The third-order valence-corrected chi connectivity index (χ3v) is 11.1. The molecule has 0 saturated carbocycles. The lowest BCUT2D eigenvalue weighted by Crippen LogP contribution is -2.59. The maximum atomic E-state index is 7.07. The molecule has 0 fully saturated rings. The Labute approximate surface area is 329 Å². The van der Waals surface area contributed by atoms with E-state index in [9.17, 15) is 0 Å². The zero-order chi connectivity index (χ0) is 37.8. The normalized spacial score (nSPS) is 12.3. The predicted octanol–water partition coefficient (Wildman–Crippen LogP) is 12.0. The van der Waals surface area contributed by atoms with E-state index in [1.165, 1.54) is 22.1 Å². The van der Waals surface area contributed by atoms with Gasteiger partial charge in [-0.2, -0.15) is 0 Å². The van der Waals surface area contributed by atoms with Gasteiger partial charge in [-0.05, 0) is 128 Å². The molecule has 5 heteroatoms. The van der Waals surface area contributed by atoms with Crippen molar-refractivity contribution in [2.24, 2.45) is 0 Å². The fraction of sp³-hybridized carbons (Fsp3) is 0.0588. The Hall–Kier alpha value is -6.98. The number of para-hydroxylation sites is 3. The molecule has 0 N–H and O–H groups in total. The molecule has 8 aromatic carbocycles. The second-order valence-electron chi connectivity index (χ2n) is 14.8. The fourth-order valence-electron chi connectivity index (χ4n) is 8.42. The molecule has 0 aromatic heterocycles. The smallest absolute Gasteiger partial charge is 0.256 e. The molecule has 2 aliphatic rings. The van der Waals surface area contributed by atoms with E-state index in [0.717, 1.165) is 73.7 Å². The van der Waals surface area contributed by atoms with E-state index < -0.39 is 0 Å². The first kappa shape index (κ1) is 33.6. The zero-order valence-corrected chi connectivity index (χ0v) is 31.7. The number of fused-ring (bicyclic) bond motifs is 4. The number of benzene rings is 8. The molecule has 0 radical (unpaired) electrons. The Kier molecular flexibility index (Phi) is 8.22. The van der Waals surface area contributed by atoms with E-state index in [1.807, 2.05) is 0 Å². The number of hydrogen-bond donors (Lipinski definition) is 0. The van der Waals surface area contributed by atoms with Gasteiger partial charge >= 0.3 is 0 Å². The number of rotatable bonds is 7. The van der Waals surface area contributed by atoms with E-state index in [-0.39, 0.29) is 6.71 Å². The van der Waals surface area contributed by atoms with Gasteiger partial charge in [-0.3, -0.25) is 0 Å². The number of anilines is 9. The SMILES string of the molecule is Cc1ccc(N(c2ccc(C)cc2)c2ccc3c(c2)Oc2c(C)ccc4c2B3c2ccc(N(c3ccccc3)c3ccccc3)cc2N4c2ccccc2)cc1. The Balaban J connectivity index is 1.18. The molecular weight excluding hydrogens is 681 g/mol. The van der Waals surface area contributed by atoms with Crippen LogP contribution < -0.4 is 35.8 Å². The number of aryl methyl sites for hydroxylation is 3. The van der Waals surface area contributed by atoms with Crippen LogP contribution in [0.5, 0.6) is 11.5 Å². The van der Waals surface area contributed by atoms with Crippen molar-refractivity contribution in [3.8, 4) is 11.5 Å². The van der Waals surface area contributed by atoms with E-state index in [0.29, 0.717) is 0 Å². The molecule has 8 aromatic rings. The second kappa shape index (κ2) is 13.7. The van der Waals surface area contributed by atoms with Crippen LogP contribution in [0.25, 0.3) is 0 Å². The van der Waals surface area contributed by atoms with Gasteiger partial charge in [0.15, 0.2) is 0 Å². The number of hydrogen-bond acceptors (Lipinski definition) is 4. The van der Waals surface area contributed by atoms with E-state index >= 15 is 0 Å². The van der Waals surface area contributed by atoms with Crippen molar-refractivity contribution >= 4 is 74.3 Å². The molecule has 4 nitrogen and oxygen atoms in total. The Morgan fingerprint density at radius 1 is 0.429 bits per heavy atom. The molecular formula is C51H40BN3O. The molecule has 268 valence electrons. The molecule has 0 spiro atoms. The summed E-state index contributed by atoms with van der Waals surface area (Å²) in [4.78, 5) is 7.08. The van der Waals surface area contributed by atoms with Crippen LogP contribution in [0, 0.1) is 20.8 Å². The summed E-state index contributed by atoms with van der Waals surface area (Å²) in [5.74, 6) is 1.81. The maximum Gasteiger partial charge on any atom is 0.256 e. The molecule has 0 aliphatic carbocycles. The van der Waals surface area contributed by atoms with Crippen LogP contribution in [0.15, 0.2) is 188 Å². The monoisotopic (exact) mass is 721 g/mol. The fourth-order valence-corrected chi connectivity index (χ4v) is 8.42. The molecule has 10 rings (SSSR count). The molecule has 2 aliphatic heterocycles. The minimum absolute atomic E-state index is 0.0317. The van der Waals surface area contributed by atoms with Crippen LogP contribution in [0.4, 0.5) is 51.2 Å². The van der Waals surface area contributed by atoms with Crippen molar-refractivity contribution in [2.75, 3.05) is 14.7 Å². The molecule has 56 heavy (non-hydrogen) atoms. The lowest BCUT2D eigenvalue weighted by molar-refractivity contribution is 0.484. The first-order valence-corrected chi connectivity index (χ1v) is 19.3. The van der Waals surface area contributed by atoms with Crippen LogP contribution >= 0.6 is 0 Å². The standard InChI is InChI=1S/C51H40BN3O/c1-35-19-24-41(25-20-35)54(42-26-21-36(2)22-27-42)44-29-31-46-49(34-44)56-51-37(3)23-32-47-50(51)52(46)45-30-28-43(33-48(45)55(47)40-17-11-6-12-18-40)53(38-13-7-4-8-14-38)39-15-9-5-10-16-39/h4-34H,1-3H3. The summed E-state index contributed by atoms with van der Waals surface area (Å²) >= 11 is 0. The van der Waals surface area contributed by atoms with Gasteiger partial charge in [-0.25, -0.2) is 0 Å². The lowest BCUT2D eigenvalue weighted by Gasteiger charge is -2.41. The highest BCUT2D eigenvalue weighted by Gasteiger charge is 2.43. The first-order chi connectivity index (χ1) is 27.5. The number of ether oxygens (including phenoxy) is 1. The van der Waals surface area contributed by atoms with Gasteiger partial charge in [0.2, 0.25) is 0 Å². The Bertz CT molecular complexity index is 2610. The largest absolute Gasteiger partial charge is 0.458 e. The van der Waals surface area contributed by atoms with Crippen LogP contribution in [0.3, 0.4) is 0 Å². The Morgan fingerprint density at radius 2 is 0.911 bits per heavy atom. The van der Waals surface area contributed by atoms with Crippen molar-refractivity contribution in [2.45, 2.75) is 20.8 Å². The van der Waals surface area contributed by atoms with Gasteiger partial charge in [-0.15, -0.1) is 0 Å². The average molecular weight is 722 g/mol. The van der Waals surface area contributed by atoms with E-state index in [4.69, 9.17) is 4.74 Å². The molecule has 0 unspecified atom stereocenters. The first-order valence-electron chi connectivity index (χ1n) is 19.3. The van der Waals surface area contributed by atoms with Gasteiger partial charge < -0.3 is 19.4 Å². The van der Waals surface area contributed by atoms with Crippen LogP contribution in [0.2, 0.25) is 0 Å². The third-order valence-electron chi connectivity index (χ3n) is 11.1. The second-order valence-corrected chi connectivity index (χ2v) is 14.8. The van der Waals surface area contributed by atoms with Crippen molar-refractivity contribution in [1.82, 2.24) is 0 Å². The van der Waals surface area contributed by atoms with Crippen molar-refractivity contribution < 1.29 is 4.74 Å². The predicted molar refractivity (Wildman–Crippen MR) is 236 cm³/mol. The molecule has 0 atom stereocenters. The number of nitrogens with zero attached hydrogens (tertiary/aromatic N) is 3. The third kappa shape index (κ3) is 5.71. The Morgan fingerprint density at radius 3 is 1.48 bits per heavy atom.